The van der Waals surface area contributed by atoms with Gasteiger partial charge in [0.05, 0.1) is 18.9 Å². The second-order valence-electron chi connectivity index (χ2n) is 8.78. The zero-order chi connectivity index (χ0) is 26.6. The number of ether oxygens (including phenoxy) is 2. The summed E-state index contributed by atoms with van der Waals surface area (Å²) in [5.41, 5.74) is 3.35. The fourth-order valence-corrected chi connectivity index (χ4v) is 3.99. The Morgan fingerprint density at radius 3 is 1.68 bits per heavy atom. The van der Waals surface area contributed by atoms with Crippen LogP contribution in [0.4, 0.5) is 0 Å². The maximum atomic E-state index is 12.7. The lowest BCUT2D eigenvalue weighted by atomic mass is 10.1. The highest BCUT2D eigenvalue weighted by Crippen LogP contribution is 2.31. The lowest BCUT2D eigenvalue weighted by Crippen LogP contribution is -2.25. The highest BCUT2D eigenvalue weighted by molar-refractivity contribution is 5.79. The van der Waals surface area contributed by atoms with E-state index in [1.54, 1.807) is 18.2 Å². The minimum atomic E-state index is -0.626. The van der Waals surface area contributed by atoms with Gasteiger partial charge in [-0.25, -0.2) is 0 Å². The average molecular weight is 508 g/mol. The fourth-order valence-electron chi connectivity index (χ4n) is 3.99. The van der Waals surface area contributed by atoms with Crippen molar-refractivity contribution in [2.24, 2.45) is 0 Å². The Hall–Kier alpha value is -4.55. The Kier molecular flexibility index (Phi) is 9.54. The van der Waals surface area contributed by atoms with Crippen LogP contribution in [0.5, 0.6) is 11.5 Å². The molecule has 6 nitrogen and oxygen atoms in total. The third-order valence-corrected chi connectivity index (χ3v) is 5.91. The van der Waals surface area contributed by atoms with Gasteiger partial charge in [-0.15, -0.1) is 0 Å². The van der Waals surface area contributed by atoms with Gasteiger partial charge in [0.25, 0.3) is 0 Å². The Morgan fingerprint density at radius 1 is 0.658 bits per heavy atom. The lowest BCUT2D eigenvalue weighted by molar-refractivity contribution is -0.136. The van der Waals surface area contributed by atoms with Crippen molar-refractivity contribution in [3.8, 4) is 11.5 Å². The highest BCUT2D eigenvalue weighted by atomic mass is 16.6. The van der Waals surface area contributed by atoms with Gasteiger partial charge in [0.1, 0.15) is 6.29 Å². The molecule has 0 fully saturated rings. The molecule has 1 atom stereocenters. The summed E-state index contributed by atoms with van der Waals surface area (Å²) >= 11 is 0. The van der Waals surface area contributed by atoms with E-state index in [1.165, 1.54) is 0 Å². The SMILES string of the molecule is O=CC(NCCc1ccccc1)c1ccc(OC(=O)Cc2ccccc2)c(OC(=O)Cc2ccccc2)c1. The van der Waals surface area contributed by atoms with E-state index in [-0.39, 0.29) is 24.3 Å². The quantitative estimate of drug-likeness (QED) is 0.164. The average Bonchev–Trinajstić information content (AvgIpc) is 2.94. The van der Waals surface area contributed by atoms with Gasteiger partial charge in [-0.2, -0.15) is 0 Å². The van der Waals surface area contributed by atoms with Crippen LogP contribution in [0.3, 0.4) is 0 Å². The number of hydrogen-bond acceptors (Lipinski definition) is 6. The van der Waals surface area contributed by atoms with Crippen molar-refractivity contribution in [1.29, 1.82) is 0 Å². The molecule has 192 valence electrons. The summed E-state index contributed by atoms with van der Waals surface area (Å²) in [6, 6.07) is 32.6. The fraction of sp³-hybridized carbons (Fsp3) is 0.156. The molecular formula is C32H29NO5. The molecular weight excluding hydrogens is 478 g/mol. The van der Waals surface area contributed by atoms with Crippen LogP contribution in [0.1, 0.15) is 28.3 Å². The number of nitrogens with one attached hydrogen (secondary N) is 1. The molecule has 4 aromatic rings. The zero-order valence-corrected chi connectivity index (χ0v) is 20.9. The summed E-state index contributed by atoms with van der Waals surface area (Å²) in [5, 5.41) is 3.23. The van der Waals surface area contributed by atoms with Gasteiger partial charge >= 0.3 is 11.9 Å². The number of rotatable bonds is 12. The summed E-state index contributed by atoms with van der Waals surface area (Å²) < 4.78 is 11.2. The van der Waals surface area contributed by atoms with E-state index in [0.717, 1.165) is 29.4 Å². The van der Waals surface area contributed by atoms with Crippen LogP contribution in [0.25, 0.3) is 0 Å². The minimum Gasteiger partial charge on any atom is -0.422 e. The molecule has 6 heteroatoms. The standard InChI is InChI=1S/C32H29NO5/c34-23-28(33-19-18-24-10-4-1-5-11-24)27-16-17-29(37-31(35)20-25-12-6-2-7-13-25)30(22-27)38-32(36)21-26-14-8-3-9-15-26/h1-17,22-23,28,33H,18-21H2. The van der Waals surface area contributed by atoms with Crippen LogP contribution in [0.2, 0.25) is 0 Å². The van der Waals surface area contributed by atoms with E-state index in [9.17, 15) is 14.4 Å². The van der Waals surface area contributed by atoms with Crippen LogP contribution in [-0.2, 0) is 33.6 Å². The van der Waals surface area contributed by atoms with Gasteiger partial charge in [0.15, 0.2) is 11.5 Å². The largest absolute Gasteiger partial charge is 0.422 e. The number of benzene rings is 4. The Balaban J connectivity index is 1.50. The van der Waals surface area contributed by atoms with Crippen LogP contribution < -0.4 is 14.8 Å². The molecule has 0 amide bonds. The van der Waals surface area contributed by atoms with Crippen LogP contribution in [0.15, 0.2) is 109 Å². The maximum absolute atomic E-state index is 12.7. The molecule has 0 aliphatic heterocycles. The second-order valence-corrected chi connectivity index (χ2v) is 8.78. The molecule has 1 N–H and O–H groups in total. The summed E-state index contributed by atoms with van der Waals surface area (Å²) in [6.45, 7) is 0.574. The molecule has 0 aromatic heterocycles. The molecule has 38 heavy (non-hydrogen) atoms. The Bertz CT molecular complexity index is 1340. The summed E-state index contributed by atoms with van der Waals surface area (Å²) in [4.78, 5) is 37.3. The van der Waals surface area contributed by atoms with E-state index < -0.39 is 18.0 Å². The zero-order valence-electron chi connectivity index (χ0n) is 20.9. The Labute approximate surface area is 222 Å². The monoisotopic (exact) mass is 507 g/mol. The molecule has 1 unspecified atom stereocenters. The van der Waals surface area contributed by atoms with E-state index in [4.69, 9.17) is 9.47 Å². The molecule has 0 saturated heterocycles. The molecule has 0 aliphatic carbocycles. The molecule has 0 aliphatic rings. The lowest BCUT2D eigenvalue weighted by Gasteiger charge is -2.17. The first-order chi connectivity index (χ1) is 18.6. The van der Waals surface area contributed by atoms with Crippen molar-refractivity contribution < 1.29 is 23.9 Å². The van der Waals surface area contributed by atoms with Crippen molar-refractivity contribution in [2.45, 2.75) is 25.3 Å². The van der Waals surface area contributed by atoms with E-state index in [2.05, 4.69) is 5.32 Å². The van der Waals surface area contributed by atoms with Crippen molar-refractivity contribution >= 4 is 18.2 Å². The van der Waals surface area contributed by atoms with E-state index >= 15 is 0 Å². The smallest absolute Gasteiger partial charge is 0.315 e. The van der Waals surface area contributed by atoms with Crippen LogP contribution in [-0.4, -0.2) is 24.8 Å². The van der Waals surface area contributed by atoms with E-state index in [0.29, 0.717) is 12.1 Å². The number of hydrogen-bond donors (Lipinski definition) is 1. The molecule has 0 heterocycles. The molecule has 4 rings (SSSR count). The van der Waals surface area contributed by atoms with Crippen molar-refractivity contribution in [2.75, 3.05) is 6.54 Å². The van der Waals surface area contributed by atoms with Crippen molar-refractivity contribution in [3.05, 3.63) is 131 Å². The number of aldehydes is 1. The van der Waals surface area contributed by atoms with Crippen molar-refractivity contribution in [1.82, 2.24) is 5.32 Å². The van der Waals surface area contributed by atoms with E-state index in [1.807, 2.05) is 91.0 Å². The summed E-state index contributed by atoms with van der Waals surface area (Å²) in [7, 11) is 0. The van der Waals surface area contributed by atoms with Crippen LogP contribution in [0, 0.1) is 0 Å². The third kappa shape index (κ3) is 7.98. The molecule has 0 saturated carbocycles. The second kappa shape index (κ2) is 13.7. The maximum Gasteiger partial charge on any atom is 0.315 e. The van der Waals surface area contributed by atoms with Gasteiger partial charge in [0, 0.05) is 6.54 Å². The summed E-state index contributed by atoms with van der Waals surface area (Å²) in [5.74, 6) is -0.794. The minimum absolute atomic E-state index is 0.0505. The predicted molar refractivity (Wildman–Crippen MR) is 145 cm³/mol. The number of esters is 2. The first kappa shape index (κ1) is 26.5. The van der Waals surface area contributed by atoms with Crippen molar-refractivity contribution in [3.63, 3.8) is 0 Å². The van der Waals surface area contributed by atoms with Gasteiger partial charge in [-0.05, 0) is 40.8 Å². The number of carbonyl (C=O) groups is 3. The Morgan fingerprint density at radius 2 is 1.16 bits per heavy atom. The van der Waals surface area contributed by atoms with Gasteiger partial charge < -0.3 is 19.6 Å². The third-order valence-electron chi connectivity index (χ3n) is 5.91. The summed E-state index contributed by atoms with van der Waals surface area (Å²) in [6.07, 6.45) is 1.67. The molecule has 0 spiro atoms. The molecule has 0 bridgehead atoms. The topological polar surface area (TPSA) is 81.7 Å². The predicted octanol–water partition coefficient (Wildman–Crippen LogP) is 5.06. The molecule has 4 aromatic carbocycles. The number of carbonyl (C=O) groups excluding carboxylic acids is 3. The van der Waals surface area contributed by atoms with Gasteiger partial charge in [-0.1, -0.05) is 97.1 Å². The molecule has 0 radical (unpaired) electrons. The van der Waals surface area contributed by atoms with Crippen LogP contribution >= 0.6 is 0 Å². The first-order valence-corrected chi connectivity index (χ1v) is 12.5. The van der Waals surface area contributed by atoms with Gasteiger partial charge in [0.2, 0.25) is 0 Å². The highest BCUT2D eigenvalue weighted by Gasteiger charge is 2.19. The first-order valence-electron chi connectivity index (χ1n) is 12.5. The normalized spacial score (nSPS) is 11.4. The van der Waals surface area contributed by atoms with Gasteiger partial charge in [-0.3, -0.25) is 9.59 Å².